The zero-order chi connectivity index (χ0) is 31.5. The molecule has 2 aromatic carbocycles. The first-order valence-corrected chi connectivity index (χ1v) is 12.9. The van der Waals surface area contributed by atoms with E-state index >= 15 is 0 Å². The Morgan fingerprint density at radius 1 is 0.953 bits per heavy atom. The van der Waals surface area contributed by atoms with Crippen molar-refractivity contribution < 1.29 is 78.4 Å². The molecule has 2 fully saturated rings. The molecule has 0 amide bonds. The molecule has 0 saturated carbocycles. The van der Waals surface area contributed by atoms with Crippen LogP contribution in [-0.4, -0.2) is 132 Å². The van der Waals surface area contributed by atoms with E-state index in [0.29, 0.717) is 0 Å². The molecule has 4 rings (SSSR count). The molecule has 238 valence electrons. The average Bonchev–Trinajstić information content (AvgIpc) is 3.28. The van der Waals surface area contributed by atoms with E-state index < -0.39 is 74.5 Å². The molecule has 0 radical (unpaired) electrons. The highest BCUT2D eigenvalue weighted by Gasteiger charge is 2.54. The van der Waals surface area contributed by atoms with Crippen LogP contribution in [0.1, 0.15) is 10.4 Å². The van der Waals surface area contributed by atoms with Crippen molar-refractivity contribution in [2.75, 3.05) is 41.2 Å². The molecule has 2 aromatic rings. The Labute approximate surface area is 245 Å². The molecule has 0 aromatic heterocycles. The second kappa shape index (κ2) is 13.4. The van der Waals surface area contributed by atoms with Gasteiger partial charge in [-0.15, -0.1) is 0 Å². The molecule has 2 heterocycles. The Kier molecular flexibility index (Phi) is 10.0. The zero-order valence-electron chi connectivity index (χ0n) is 23.4. The number of ether oxygens (including phenoxy) is 8. The number of phenols is 2. The summed E-state index contributed by atoms with van der Waals surface area (Å²) in [6, 6.07) is 6.14. The van der Waals surface area contributed by atoms with Gasteiger partial charge in [0.25, 0.3) is 0 Å². The molecule has 43 heavy (non-hydrogen) atoms. The van der Waals surface area contributed by atoms with Crippen LogP contribution in [-0.2, 0) is 18.9 Å². The highest BCUT2D eigenvalue weighted by molar-refractivity contribution is 5.90. The summed E-state index contributed by atoms with van der Waals surface area (Å²) in [5, 5.41) is 72.6. The third kappa shape index (κ3) is 6.66. The molecular formula is C27H34O16. The summed E-state index contributed by atoms with van der Waals surface area (Å²) in [4.78, 5) is 12.5. The maximum absolute atomic E-state index is 12.5. The smallest absolute Gasteiger partial charge is 0.338 e. The average molecular weight is 615 g/mol. The zero-order valence-corrected chi connectivity index (χ0v) is 23.4. The van der Waals surface area contributed by atoms with E-state index in [2.05, 4.69) is 0 Å². The number of benzene rings is 2. The van der Waals surface area contributed by atoms with Gasteiger partial charge >= 0.3 is 5.97 Å². The van der Waals surface area contributed by atoms with Crippen LogP contribution in [0.15, 0.2) is 30.3 Å². The number of rotatable bonds is 11. The van der Waals surface area contributed by atoms with Gasteiger partial charge in [0.05, 0.1) is 40.1 Å². The minimum Gasteiger partial charge on any atom is -0.508 e. The van der Waals surface area contributed by atoms with Crippen molar-refractivity contribution in [1.82, 2.24) is 0 Å². The normalized spacial score (nSPS) is 30.5. The maximum atomic E-state index is 12.5. The number of hydrogen-bond donors (Lipinski definition) is 7. The van der Waals surface area contributed by atoms with E-state index in [1.807, 2.05) is 0 Å². The topological polar surface area (TPSA) is 233 Å². The van der Waals surface area contributed by atoms with Crippen LogP contribution in [0.4, 0.5) is 0 Å². The Morgan fingerprint density at radius 3 is 2.21 bits per heavy atom. The number of aromatic hydroxyl groups is 2. The van der Waals surface area contributed by atoms with E-state index in [1.165, 1.54) is 51.7 Å². The molecule has 2 aliphatic rings. The summed E-state index contributed by atoms with van der Waals surface area (Å²) in [6.45, 7) is -2.02. The van der Waals surface area contributed by atoms with Crippen LogP contribution in [0, 0.1) is 0 Å². The SMILES string of the molecule is COc1cc(C(=O)OC[C@]2(O)CO[C@@H](O[C@@H]3[C@H](Oc4c(OC)cc(O)cc4OC)O[C@@H](CO)[C@H](O)[C@@H]3O)[C@H]2O)ccc1O. The van der Waals surface area contributed by atoms with Crippen molar-refractivity contribution in [1.29, 1.82) is 0 Å². The number of aliphatic hydroxyl groups is 5. The number of methoxy groups -OCH3 is 3. The van der Waals surface area contributed by atoms with Gasteiger partial charge in [-0.05, 0) is 18.2 Å². The number of hydrogen-bond acceptors (Lipinski definition) is 16. The molecule has 0 spiro atoms. The number of esters is 1. The van der Waals surface area contributed by atoms with Gasteiger partial charge in [0.2, 0.25) is 12.0 Å². The lowest BCUT2D eigenvalue weighted by molar-refractivity contribution is -0.319. The Morgan fingerprint density at radius 2 is 1.60 bits per heavy atom. The van der Waals surface area contributed by atoms with Crippen LogP contribution >= 0.6 is 0 Å². The summed E-state index contributed by atoms with van der Waals surface area (Å²) in [5.74, 6) is -1.39. The first-order chi connectivity index (χ1) is 20.5. The molecule has 7 N–H and O–H groups in total. The standard InChI is InChI=1S/C27H34O16/c1-36-15-6-12(4-5-14(15)30)24(34)39-10-27(35)11-40-26(23(27)33)43-22-20(32)19(31)18(9-28)41-25(22)42-21-16(37-2)7-13(29)8-17(21)38-3/h4-8,18-20,22-23,25-26,28-33,35H,9-11H2,1-3H3/t18-,19-,20-,22-,23+,25-,26-,27-/m0/s1. The summed E-state index contributed by atoms with van der Waals surface area (Å²) in [5.41, 5.74) is -2.16. The van der Waals surface area contributed by atoms with Crippen molar-refractivity contribution >= 4 is 5.97 Å². The van der Waals surface area contributed by atoms with E-state index in [0.717, 1.165) is 0 Å². The Hall–Kier alpha value is -3.61. The monoisotopic (exact) mass is 614 g/mol. The second-order valence-electron chi connectivity index (χ2n) is 9.80. The lowest BCUT2D eigenvalue weighted by Crippen LogP contribution is -2.62. The fourth-order valence-corrected chi connectivity index (χ4v) is 4.52. The third-order valence-electron chi connectivity index (χ3n) is 6.97. The van der Waals surface area contributed by atoms with E-state index in [4.69, 9.17) is 37.9 Å². The predicted molar refractivity (Wildman–Crippen MR) is 140 cm³/mol. The maximum Gasteiger partial charge on any atom is 0.338 e. The Bertz CT molecular complexity index is 1250. The van der Waals surface area contributed by atoms with Crippen LogP contribution in [0.25, 0.3) is 0 Å². The van der Waals surface area contributed by atoms with Gasteiger partial charge in [0.1, 0.15) is 36.8 Å². The highest BCUT2D eigenvalue weighted by Crippen LogP contribution is 2.43. The molecule has 0 bridgehead atoms. The number of phenolic OH excluding ortho intramolecular Hbond substituents is 2. The number of aliphatic hydroxyl groups excluding tert-OH is 4. The summed E-state index contributed by atoms with van der Waals surface area (Å²) in [7, 11) is 3.88. The van der Waals surface area contributed by atoms with Crippen molar-refractivity contribution in [3.8, 4) is 34.5 Å². The molecular weight excluding hydrogens is 580 g/mol. The fourth-order valence-electron chi connectivity index (χ4n) is 4.52. The molecule has 8 atom stereocenters. The van der Waals surface area contributed by atoms with E-state index in [9.17, 15) is 40.5 Å². The second-order valence-corrected chi connectivity index (χ2v) is 9.80. The summed E-state index contributed by atoms with van der Waals surface area (Å²) in [6.07, 6.45) is -11.4. The summed E-state index contributed by atoms with van der Waals surface area (Å²) >= 11 is 0. The largest absolute Gasteiger partial charge is 0.508 e. The number of carbonyl (C=O) groups is 1. The fraction of sp³-hybridized carbons (Fsp3) is 0.519. The minimum absolute atomic E-state index is 0.0000455. The van der Waals surface area contributed by atoms with E-state index in [-0.39, 0.29) is 40.1 Å². The van der Waals surface area contributed by atoms with Crippen LogP contribution < -0.4 is 18.9 Å². The van der Waals surface area contributed by atoms with Crippen molar-refractivity contribution in [3.05, 3.63) is 35.9 Å². The lowest BCUT2D eigenvalue weighted by Gasteiger charge is -2.42. The van der Waals surface area contributed by atoms with Gasteiger partial charge in [-0.1, -0.05) is 0 Å². The van der Waals surface area contributed by atoms with Crippen molar-refractivity contribution in [3.63, 3.8) is 0 Å². The van der Waals surface area contributed by atoms with Crippen LogP contribution in [0.3, 0.4) is 0 Å². The molecule has 0 unspecified atom stereocenters. The number of carbonyl (C=O) groups excluding carboxylic acids is 1. The Balaban J connectivity index is 1.50. The van der Waals surface area contributed by atoms with Crippen molar-refractivity contribution in [2.24, 2.45) is 0 Å². The van der Waals surface area contributed by atoms with Gasteiger partial charge in [-0.2, -0.15) is 0 Å². The first-order valence-electron chi connectivity index (χ1n) is 12.9. The lowest BCUT2D eigenvalue weighted by atomic mass is 9.98. The molecule has 16 nitrogen and oxygen atoms in total. The van der Waals surface area contributed by atoms with E-state index in [1.54, 1.807) is 0 Å². The highest BCUT2D eigenvalue weighted by atomic mass is 16.8. The van der Waals surface area contributed by atoms with Crippen LogP contribution in [0.2, 0.25) is 0 Å². The molecule has 2 saturated heterocycles. The van der Waals surface area contributed by atoms with Crippen molar-refractivity contribution in [2.45, 2.75) is 48.7 Å². The predicted octanol–water partition coefficient (Wildman–Crippen LogP) is -1.37. The quantitative estimate of drug-likeness (QED) is 0.145. The van der Waals surface area contributed by atoms with Gasteiger partial charge in [-0.25, -0.2) is 4.79 Å². The van der Waals surface area contributed by atoms with Gasteiger partial charge in [0, 0.05) is 12.1 Å². The van der Waals surface area contributed by atoms with Gasteiger partial charge in [0.15, 0.2) is 41.0 Å². The van der Waals surface area contributed by atoms with Gasteiger partial charge in [-0.3, -0.25) is 0 Å². The first kappa shape index (κ1) is 32.3. The summed E-state index contributed by atoms with van der Waals surface area (Å²) < 4.78 is 43.3. The minimum atomic E-state index is -2.16. The third-order valence-corrected chi connectivity index (χ3v) is 6.97. The van der Waals surface area contributed by atoms with Gasteiger partial charge < -0.3 is 73.6 Å². The molecule has 2 aliphatic heterocycles. The molecule has 16 heteroatoms. The van der Waals surface area contributed by atoms with Crippen LogP contribution in [0.5, 0.6) is 34.5 Å². The molecule has 0 aliphatic carbocycles.